The molecule has 1 aromatic carbocycles. The van der Waals surface area contributed by atoms with Gasteiger partial charge < -0.3 is 14.8 Å². The van der Waals surface area contributed by atoms with E-state index in [2.05, 4.69) is 5.32 Å². The van der Waals surface area contributed by atoms with Gasteiger partial charge in [0, 0.05) is 18.1 Å². The van der Waals surface area contributed by atoms with Crippen molar-refractivity contribution in [1.29, 1.82) is 0 Å². The van der Waals surface area contributed by atoms with E-state index in [9.17, 15) is 4.39 Å². The maximum atomic E-state index is 13.1. The highest BCUT2D eigenvalue weighted by molar-refractivity contribution is 6.31. The molecule has 1 aliphatic rings. The molecule has 1 heterocycles. The summed E-state index contributed by atoms with van der Waals surface area (Å²) in [5, 5.41) is 3.82. The molecule has 1 aliphatic heterocycles. The summed E-state index contributed by atoms with van der Waals surface area (Å²) in [7, 11) is 0. The van der Waals surface area contributed by atoms with Gasteiger partial charge in [-0.1, -0.05) is 11.6 Å². The predicted octanol–water partition coefficient (Wildman–Crippen LogP) is 2.76. The largest absolute Gasteiger partial charge is 0.374 e. The highest BCUT2D eigenvalue weighted by Gasteiger charge is 2.28. The monoisotopic (exact) mass is 287 g/mol. The van der Waals surface area contributed by atoms with Crippen molar-refractivity contribution in [2.75, 3.05) is 19.7 Å². The number of hydrogen-bond donors (Lipinski definition) is 1. The maximum Gasteiger partial charge on any atom is 0.123 e. The molecule has 1 saturated heterocycles. The van der Waals surface area contributed by atoms with E-state index in [1.165, 1.54) is 18.2 Å². The Balaban J connectivity index is 1.81. The lowest BCUT2D eigenvalue weighted by Gasteiger charge is -2.36. The zero-order chi connectivity index (χ0) is 13.9. The first kappa shape index (κ1) is 14.7. The summed E-state index contributed by atoms with van der Waals surface area (Å²) in [6.45, 7) is 6.42. The standard InChI is InChI=1S/C14H19ClFNO2/c1-14(2)9-17-6-12(19-14)8-18-7-10-5-11(16)3-4-13(10)15/h3-5,12,17H,6-9H2,1-2H3. The van der Waals surface area contributed by atoms with Gasteiger partial charge >= 0.3 is 0 Å². The topological polar surface area (TPSA) is 30.5 Å². The minimum Gasteiger partial charge on any atom is -0.374 e. The molecule has 0 aliphatic carbocycles. The summed E-state index contributed by atoms with van der Waals surface area (Å²) in [5.41, 5.74) is 0.479. The van der Waals surface area contributed by atoms with Crippen molar-refractivity contribution >= 4 is 11.6 Å². The van der Waals surface area contributed by atoms with Crippen molar-refractivity contribution in [3.05, 3.63) is 34.6 Å². The molecule has 19 heavy (non-hydrogen) atoms. The summed E-state index contributed by atoms with van der Waals surface area (Å²) in [4.78, 5) is 0. The van der Waals surface area contributed by atoms with Crippen molar-refractivity contribution < 1.29 is 13.9 Å². The van der Waals surface area contributed by atoms with Crippen LogP contribution >= 0.6 is 11.6 Å². The second kappa shape index (κ2) is 6.18. The molecule has 1 N–H and O–H groups in total. The molecule has 0 saturated carbocycles. The van der Waals surface area contributed by atoms with Gasteiger partial charge in [-0.25, -0.2) is 4.39 Å². The molecule has 0 amide bonds. The van der Waals surface area contributed by atoms with Crippen LogP contribution in [0.5, 0.6) is 0 Å². The first-order valence-electron chi connectivity index (χ1n) is 6.36. The van der Waals surface area contributed by atoms with Crippen LogP contribution in [-0.4, -0.2) is 31.4 Å². The van der Waals surface area contributed by atoms with Crippen molar-refractivity contribution in [2.45, 2.75) is 32.2 Å². The molecule has 0 radical (unpaired) electrons. The molecule has 1 atom stereocenters. The van der Waals surface area contributed by atoms with Gasteiger partial charge in [0.05, 0.1) is 24.9 Å². The van der Waals surface area contributed by atoms with Gasteiger partial charge in [-0.15, -0.1) is 0 Å². The highest BCUT2D eigenvalue weighted by Crippen LogP contribution is 2.19. The third-order valence-electron chi connectivity index (χ3n) is 2.98. The highest BCUT2D eigenvalue weighted by atomic mass is 35.5. The zero-order valence-corrected chi connectivity index (χ0v) is 12.0. The summed E-state index contributed by atoms with van der Waals surface area (Å²) in [6, 6.07) is 4.27. The van der Waals surface area contributed by atoms with Gasteiger partial charge in [0.2, 0.25) is 0 Å². The normalized spacial score (nSPS) is 22.4. The summed E-state index contributed by atoms with van der Waals surface area (Å²) in [5.74, 6) is -0.306. The number of benzene rings is 1. The van der Waals surface area contributed by atoms with Crippen LogP contribution < -0.4 is 5.32 Å². The van der Waals surface area contributed by atoms with Crippen LogP contribution in [0, 0.1) is 5.82 Å². The Kier molecular flexibility index (Phi) is 4.79. The minimum atomic E-state index is -0.306. The Morgan fingerprint density at radius 3 is 3.05 bits per heavy atom. The van der Waals surface area contributed by atoms with Crippen LogP contribution in [0.4, 0.5) is 4.39 Å². The van der Waals surface area contributed by atoms with E-state index in [-0.39, 0.29) is 24.1 Å². The van der Waals surface area contributed by atoms with Gasteiger partial charge in [-0.3, -0.25) is 0 Å². The van der Waals surface area contributed by atoms with E-state index in [4.69, 9.17) is 21.1 Å². The van der Waals surface area contributed by atoms with E-state index < -0.39 is 0 Å². The van der Waals surface area contributed by atoms with Gasteiger partial charge in [0.15, 0.2) is 0 Å². The summed E-state index contributed by atoms with van der Waals surface area (Å²) >= 11 is 5.97. The van der Waals surface area contributed by atoms with E-state index in [0.717, 1.165) is 13.1 Å². The molecule has 5 heteroatoms. The van der Waals surface area contributed by atoms with E-state index in [1.54, 1.807) is 0 Å². The number of morpholine rings is 1. The lowest BCUT2D eigenvalue weighted by atomic mass is 10.1. The third-order valence-corrected chi connectivity index (χ3v) is 3.35. The predicted molar refractivity (Wildman–Crippen MR) is 72.9 cm³/mol. The van der Waals surface area contributed by atoms with Crippen LogP contribution in [0.3, 0.4) is 0 Å². The average Bonchev–Trinajstić information content (AvgIpc) is 2.32. The number of ether oxygens (including phenoxy) is 2. The number of hydrogen-bond acceptors (Lipinski definition) is 3. The number of rotatable bonds is 4. The molecule has 1 unspecified atom stereocenters. The molecule has 1 fully saturated rings. The molecule has 2 rings (SSSR count). The summed E-state index contributed by atoms with van der Waals surface area (Å²) < 4.78 is 24.5. The fraction of sp³-hybridized carbons (Fsp3) is 0.571. The fourth-order valence-corrected chi connectivity index (χ4v) is 2.29. The quantitative estimate of drug-likeness (QED) is 0.924. The SMILES string of the molecule is CC1(C)CNCC(COCc2cc(F)ccc2Cl)O1. The van der Waals surface area contributed by atoms with Crippen LogP contribution in [0.25, 0.3) is 0 Å². The third kappa shape index (κ3) is 4.42. The molecule has 1 aromatic rings. The molecular weight excluding hydrogens is 269 g/mol. The van der Waals surface area contributed by atoms with Gasteiger partial charge in [0.1, 0.15) is 5.82 Å². The minimum absolute atomic E-state index is 0.0103. The lowest BCUT2D eigenvalue weighted by Crippen LogP contribution is -2.51. The first-order valence-corrected chi connectivity index (χ1v) is 6.74. The average molecular weight is 288 g/mol. The van der Waals surface area contributed by atoms with Crippen LogP contribution in [0.2, 0.25) is 5.02 Å². The van der Waals surface area contributed by atoms with Crippen LogP contribution in [-0.2, 0) is 16.1 Å². The number of halogens is 2. The molecule has 0 bridgehead atoms. The first-order chi connectivity index (χ1) is 8.96. The van der Waals surface area contributed by atoms with E-state index >= 15 is 0 Å². The lowest BCUT2D eigenvalue weighted by molar-refractivity contribution is -0.122. The van der Waals surface area contributed by atoms with E-state index in [1.807, 2.05) is 13.8 Å². The number of nitrogens with one attached hydrogen (secondary N) is 1. The second-order valence-corrected chi connectivity index (χ2v) is 5.79. The van der Waals surface area contributed by atoms with Crippen molar-refractivity contribution in [3.8, 4) is 0 Å². The van der Waals surface area contributed by atoms with Crippen molar-refractivity contribution in [3.63, 3.8) is 0 Å². The fourth-order valence-electron chi connectivity index (χ4n) is 2.12. The van der Waals surface area contributed by atoms with Crippen LogP contribution in [0.15, 0.2) is 18.2 Å². The molecule has 0 aromatic heterocycles. The maximum absolute atomic E-state index is 13.1. The molecular formula is C14H19ClFNO2. The Morgan fingerprint density at radius 1 is 1.53 bits per heavy atom. The van der Waals surface area contributed by atoms with Crippen molar-refractivity contribution in [1.82, 2.24) is 5.32 Å². The van der Waals surface area contributed by atoms with Gasteiger partial charge in [0.25, 0.3) is 0 Å². The second-order valence-electron chi connectivity index (χ2n) is 5.38. The Morgan fingerprint density at radius 2 is 2.32 bits per heavy atom. The molecule has 106 valence electrons. The zero-order valence-electron chi connectivity index (χ0n) is 11.2. The Labute approximate surface area is 118 Å². The smallest absolute Gasteiger partial charge is 0.123 e. The van der Waals surface area contributed by atoms with E-state index in [0.29, 0.717) is 17.2 Å². The van der Waals surface area contributed by atoms with Crippen molar-refractivity contribution in [2.24, 2.45) is 0 Å². The van der Waals surface area contributed by atoms with Gasteiger partial charge in [-0.2, -0.15) is 0 Å². The Hall–Kier alpha value is -0.680. The summed E-state index contributed by atoms with van der Waals surface area (Å²) in [6.07, 6.45) is 0.0103. The van der Waals surface area contributed by atoms with Crippen LogP contribution in [0.1, 0.15) is 19.4 Å². The molecule has 3 nitrogen and oxygen atoms in total. The Bertz CT molecular complexity index is 439. The van der Waals surface area contributed by atoms with Gasteiger partial charge in [-0.05, 0) is 37.6 Å². The molecule has 0 spiro atoms.